The van der Waals surface area contributed by atoms with E-state index < -0.39 is 11.9 Å². The quantitative estimate of drug-likeness (QED) is 0.242. The van der Waals surface area contributed by atoms with Crippen LogP contribution in [0.15, 0.2) is 61.2 Å². The SMILES string of the molecule is C=CC(=O)OCCCOc1ccc(C(=O)Oc2ccc(OC3CCCCO3)cc2)cc1. The summed E-state index contributed by atoms with van der Waals surface area (Å²) in [5.41, 5.74) is 0.406. The lowest BCUT2D eigenvalue weighted by Gasteiger charge is -2.23. The Morgan fingerprint density at radius 3 is 2.35 bits per heavy atom. The number of hydrogen-bond donors (Lipinski definition) is 0. The lowest BCUT2D eigenvalue weighted by Crippen LogP contribution is -2.24. The Hall–Kier alpha value is -3.32. The van der Waals surface area contributed by atoms with E-state index in [2.05, 4.69) is 6.58 Å². The first-order valence-corrected chi connectivity index (χ1v) is 10.3. The van der Waals surface area contributed by atoms with Gasteiger partial charge in [-0.3, -0.25) is 0 Å². The lowest BCUT2D eigenvalue weighted by molar-refractivity contribution is -0.137. The molecule has 1 heterocycles. The van der Waals surface area contributed by atoms with E-state index in [0.29, 0.717) is 35.8 Å². The maximum absolute atomic E-state index is 12.3. The molecule has 0 radical (unpaired) electrons. The topological polar surface area (TPSA) is 80.3 Å². The van der Waals surface area contributed by atoms with Crippen molar-refractivity contribution in [3.05, 3.63) is 66.7 Å². The fourth-order valence-corrected chi connectivity index (χ4v) is 2.88. The van der Waals surface area contributed by atoms with Gasteiger partial charge in [-0.15, -0.1) is 0 Å². The predicted octanol–water partition coefficient (Wildman–Crippen LogP) is 4.31. The Labute approximate surface area is 181 Å². The Morgan fingerprint density at radius 1 is 0.968 bits per heavy atom. The van der Waals surface area contributed by atoms with E-state index in [0.717, 1.165) is 31.9 Å². The van der Waals surface area contributed by atoms with Crippen molar-refractivity contribution in [2.45, 2.75) is 32.0 Å². The lowest BCUT2D eigenvalue weighted by atomic mass is 10.2. The number of carbonyl (C=O) groups excluding carboxylic acids is 2. The molecule has 1 aliphatic rings. The smallest absolute Gasteiger partial charge is 0.343 e. The second-order valence-corrected chi connectivity index (χ2v) is 6.87. The first-order valence-electron chi connectivity index (χ1n) is 10.3. The van der Waals surface area contributed by atoms with E-state index in [1.807, 2.05) is 0 Å². The van der Waals surface area contributed by atoms with Crippen molar-refractivity contribution in [2.75, 3.05) is 19.8 Å². The van der Waals surface area contributed by atoms with E-state index in [1.54, 1.807) is 48.5 Å². The van der Waals surface area contributed by atoms with Gasteiger partial charge in [-0.2, -0.15) is 0 Å². The van der Waals surface area contributed by atoms with E-state index in [9.17, 15) is 9.59 Å². The molecule has 0 amide bonds. The molecule has 1 unspecified atom stereocenters. The summed E-state index contributed by atoms with van der Waals surface area (Å²) in [7, 11) is 0. The van der Waals surface area contributed by atoms with Crippen molar-refractivity contribution in [1.82, 2.24) is 0 Å². The Bertz CT molecular complexity index is 853. The van der Waals surface area contributed by atoms with Gasteiger partial charge in [-0.25, -0.2) is 9.59 Å². The zero-order chi connectivity index (χ0) is 21.9. The summed E-state index contributed by atoms with van der Waals surface area (Å²) in [5.74, 6) is 0.789. The highest BCUT2D eigenvalue weighted by Gasteiger charge is 2.15. The molecule has 7 nitrogen and oxygen atoms in total. The van der Waals surface area contributed by atoms with Gasteiger partial charge in [0, 0.05) is 18.9 Å². The van der Waals surface area contributed by atoms with Crippen LogP contribution in [0.4, 0.5) is 0 Å². The molecule has 0 aromatic heterocycles. The number of benzene rings is 2. The van der Waals surface area contributed by atoms with Crippen molar-refractivity contribution in [3.63, 3.8) is 0 Å². The van der Waals surface area contributed by atoms with Crippen LogP contribution in [-0.4, -0.2) is 38.0 Å². The molecule has 31 heavy (non-hydrogen) atoms. The zero-order valence-electron chi connectivity index (χ0n) is 17.3. The summed E-state index contributed by atoms with van der Waals surface area (Å²) in [6.45, 7) is 4.69. The molecule has 7 heteroatoms. The fraction of sp³-hybridized carbons (Fsp3) is 0.333. The van der Waals surface area contributed by atoms with Gasteiger partial charge in [0.2, 0.25) is 0 Å². The third kappa shape index (κ3) is 7.46. The van der Waals surface area contributed by atoms with E-state index in [1.165, 1.54) is 0 Å². The Kier molecular flexibility index (Phi) is 8.48. The van der Waals surface area contributed by atoms with Crippen LogP contribution < -0.4 is 14.2 Å². The van der Waals surface area contributed by atoms with Crippen LogP contribution in [0, 0.1) is 0 Å². The monoisotopic (exact) mass is 426 g/mol. The van der Waals surface area contributed by atoms with Gasteiger partial charge in [0.15, 0.2) is 6.29 Å². The molecule has 0 saturated carbocycles. The Morgan fingerprint density at radius 2 is 1.68 bits per heavy atom. The molecule has 0 spiro atoms. The molecule has 1 atom stereocenters. The second kappa shape index (κ2) is 11.8. The fourth-order valence-electron chi connectivity index (χ4n) is 2.88. The summed E-state index contributed by atoms with van der Waals surface area (Å²) in [4.78, 5) is 23.3. The number of ether oxygens (including phenoxy) is 5. The van der Waals surface area contributed by atoms with Crippen LogP contribution >= 0.6 is 0 Å². The maximum Gasteiger partial charge on any atom is 0.343 e. The molecular formula is C24H26O7. The molecule has 0 N–H and O–H groups in total. The summed E-state index contributed by atoms with van der Waals surface area (Å²) in [6, 6.07) is 13.5. The minimum atomic E-state index is -0.466. The van der Waals surface area contributed by atoms with Crippen LogP contribution in [0.2, 0.25) is 0 Å². The average Bonchev–Trinajstić information content (AvgIpc) is 2.81. The van der Waals surface area contributed by atoms with Crippen LogP contribution in [0.3, 0.4) is 0 Å². The van der Waals surface area contributed by atoms with E-state index >= 15 is 0 Å². The number of rotatable bonds is 10. The molecular weight excluding hydrogens is 400 g/mol. The second-order valence-electron chi connectivity index (χ2n) is 6.87. The molecule has 0 aliphatic carbocycles. The molecule has 2 aromatic carbocycles. The summed E-state index contributed by atoms with van der Waals surface area (Å²) in [5, 5.41) is 0. The van der Waals surface area contributed by atoms with E-state index in [4.69, 9.17) is 23.7 Å². The first kappa shape index (κ1) is 22.4. The molecule has 1 aliphatic heterocycles. The zero-order valence-corrected chi connectivity index (χ0v) is 17.3. The molecule has 3 rings (SSSR count). The van der Waals surface area contributed by atoms with Crippen molar-refractivity contribution in [1.29, 1.82) is 0 Å². The maximum atomic E-state index is 12.3. The molecule has 1 saturated heterocycles. The number of esters is 2. The van der Waals surface area contributed by atoms with Gasteiger partial charge in [0.1, 0.15) is 17.2 Å². The minimum absolute atomic E-state index is 0.218. The van der Waals surface area contributed by atoms with Crippen LogP contribution in [0.5, 0.6) is 17.2 Å². The van der Waals surface area contributed by atoms with Gasteiger partial charge in [-0.1, -0.05) is 6.58 Å². The highest BCUT2D eigenvalue weighted by molar-refractivity contribution is 5.91. The summed E-state index contributed by atoms with van der Waals surface area (Å²) >= 11 is 0. The van der Waals surface area contributed by atoms with Gasteiger partial charge < -0.3 is 23.7 Å². The average molecular weight is 426 g/mol. The minimum Gasteiger partial charge on any atom is -0.493 e. The first-order chi connectivity index (χ1) is 15.1. The summed E-state index contributed by atoms with van der Waals surface area (Å²) in [6.07, 6.45) is 4.48. The standard InChI is InChI=1S/C24H26O7/c1-2-22(25)28-17-5-16-27-19-9-7-18(8-10-19)24(26)31-21-13-11-20(12-14-21)30-23-6-3-4-15-29-23/h2,7-14,23H,1,3-6,15-17H2. The van der Waals surface area contributed by atoms with Crippen molar-refractivity contribution < 1.29 is 33.3 Å². The van der Waals surface area contributed by atoms with Crippen LogP contribution in [0.25, 0.3) is 0 Å². The molecule has 1 fully saturated rings. The van der Waals surface area contributed by atoms with Crippen LogP contribution in [-0.2, 0) is 14.3 Å². The number of carbonyl (C=O) groups is 2. The molecule has 2 aromatic rings. The van der Waals surface area contributed by atoms with Gasteiger partial charge in [-0.05, 0) is 61.4 Å². The Balaban J connectivity index is 1.42. The van der Waals surface area contributed by atoms with Gasteiger partial charge >= 0.3 is 11.9 Å². The third-order valence-electron chi connectivity index (χ3n) is 4.50. The molecule has 0 bridgehead atoms. The van der Waals surface area contributed by atoms with Crippen LogP contribution in [0.1, 0.15) is 36.0 Å². The van der Waals surface area contributed by atoms with Crippen molar-refractivity contribution in [2.24, 2.45) is 0 Å². The largest absolute Gasteiger partial charge is 0.493 e. The predicted molar refractivity (Wildman–Crippen MR) is 113 cm³/mol. The molecule has 164 valence electrons. The normalized spacial score (nSPS) is 15.5. The van der Waals surface area contributed by atoms with Crippen molar-refractivity contribution >= 4 is 11.9 Å². The van der Waals surface area contributed by atoms with Gasteiger partial charge in [0.05, 0.1) is 25.4 Å². The highest BCUT2D eigenvalue weighted by atomic mass is 16.7. The van der Waals surface area contributed by atoms with Gasteiger partial charge in [0.25, 0.3) is 0 Å². The highest BCUT2D eigenvalue weighted by Crippen LogP contribution is 2.23. The van der Waals surface area contributed by atoms with Crippen molar-refractivity contribution in [3.8, 4) is 17.2 Å². The number of hydrogen-bond acceptors (Lipinski definition) is 7. The summed E-state index contributed by atoms with van der Waals surface area (Å²) < 4.78 is 27.2. The third-order valence-corrected chi connectivity index (χ3v) is 4.50. The van der Waals surface area contributed by atoms with E-state index in [-0.39, 0.29) is 12.9 Å².